The van der Waals surface area contributed by atoms with Crippen molar-refractivity contribution < 1.29 is 19.1 Å². The second-order valence-electron chi connectivity index (χ2n) is 3.38. The number of halogens is 1. The number of nitrogens with one attached hydrogen (secondary N) is 1. The van der Waals surface area contributed by atoms with Gasteiger partial charge >= 0.3 is 5.97 Å². The van der Waals surface area contributed by atoms with Gasteiger partial charge in [0.2, 0.25) is 5.91 Å². The van der Waals surface area contributed by atoms with Crippen LogP contribution in [0.4, 0.5) is 10.1 Å². The van der Waals surface area contributed by atoms with Crippen LogP contribution in [0.2, 0.25) is 0 Å². The van der Waals surface area contributed by atoms with E-state index in [1.165, 1.54) is 0 Å². The van der Waals surface area contributed by atoms with Crippen LogP contribution in [0.1, 0.15) is 23.2 Å². The van der Waals surface area contributed by atoms with Crippen molar-refractivity contribution in [1.82, 2.24) is 0 Å². The van der Waals surface area contributed by atoms with Crippen LogP contribution in [0.15, 0.2) is 30.9 Å². The van der Waals surface area contributed by atoms with Crippen LogP contribution in [0.25, 0.3) is 0 Å². The predicted molar refractivity (Wildman–Crippen MR) is 61.4 cm³/mol. The molecule has 0 aliphatic heterocycles. The number of hydrogen-bond acceptors (Lipinski definition) is 2. The summed E-state index contributed by atoms with van der Waals surface area (Å²) in [6.07, 6.45) is 2.23. The number of aromatic carboxylic acids is 1. The van der Waals surface area contributed by atoms with Gasteiger partial charge in [0.05, 0.1) is 11.3 Å². The summed E-state index contributed by atoms with van der Waals surface area (Å²) in [4.78, 5) is 22.0. The normalized spacial score (nSPS) is 9.71. The molecule has 0 heterocycles. The maximum absolute atomic E-state index is 13.3. The fourth-order valence-corrected chi connectivity index (χ4v) is 1.20. The molecular weight excluding hydrogens is 225 g/mol. The molecule has 0 spiro atoms. The Bertz CT molecular complexity index is 457. The lowest BCUT2D eigenvalue weighted by molar-refractivity contribution is -0.116. The minimum Gasteiger partial charge on any atom is -0.478 e. The number of anilines is 1. The minimum absolute atomic E-state index is 0.0783. The summed E-state index contributed by atoms with van der Waals surface area (Å²) in [5.41, 5.74) is -0.204. The van der Waals surface area contributed by atoms with Gasteiger partial charge in [0, 0.05) is 6.42 Å². The molecule has 0 saturated heterocycles. The first-order valence-electron chi connectivity index (χ1n) is 4.98. The summed E-state index contributed by atoms with van der Waals surface area (Å²) >= 11 is 0. The molecule has 0 saturated carbocycles. The number of allylic oxidation sites excluding steroid dienone is 1. The SMILES string of the molecule is C=CCCC(=O)Nc1cc(C(=O)O)ccc1F. The van der Waals surface area contributed by atoms with Gasteiger partial charge in [-0.25, -0.2) is 9.18 Å². The van der Waals surface area contributed by atoms with Crippen molar-refractivity contribution in [3.63, 3.8) is 0 Å². The first-order valence-corrected chi connectivity index (χ1v) is 4.98. The molecule has 0 atom stereocenters. The average Bonchev–Trinajstić information content (AvgIpc) is 2.29. The molecule has 0 fully saturated rings. The predicted octanol–water partition coefficient (Wildman–Crippen LogP) is 2.43. The van der Waals surface area contributed by atoms with Crippen LogP contribution in [-0.4, -0.2) is 17.0 Å². The summed E-state index contributed by atoms with van der Waals surface area (Å²) < 4.78 is 13.3. The largest absolute Gasteiger partial charge is 0.478 e. The Hall–Kier alpha value is -2.17. The van der Waals surface area contributed by atoms with Crippen molar-refractivity contribution in [2.24, 2.45) is 0 Å². The van der Waals surface area contributed by atoms with E-state index in [2.05, 4.69) is 11.9 Å². The summed E-state index contributed by atoms with van der Waals surface area (Å²) in [5, 5.41) is 11.0. The molecule has 5 heteroatoms. The van der Waals surface area contributed by atoms with Crippen molar-refractivity contribution in [2.45, 2.75) is 12.8 Å². The van der Waals surface area contributed by atoms with Crippen LogP contribution in [-0.2, 0) is 4.79 Å². The van der Waals surface area contributed by atoms with Gasteiger partial charge in [-0.2, -0.15) is 0 Å². The topological polar surface area (TPSA) is 66.4 Å². The number of rotatable bonds is 5. The Balaban J connectivity index is 2.82. The van der Waals surface area contributed by atoms with Crippen molar-refractivity contribution in [2.75, 3.05) is 5.32 Å². The highest BCUT2D eigenvalue weighted by Crippen LogP contribution is 2.16. The van der Waals surface area contributed by atoms with Gasteiger partial charge in [0.15, 0.2) is 0 Å². The van der Waals surface area contributed by atoms with E-state index < -0.39 is 11.8 Å². The Morgan fingerprint density at radius 2 is 2.18 bits per heavy atom. The Morgan fingerprint density at radius 1 is 1.47 bits per heavy atom. The number of carbonyl (C=O) groups excluding carboxylic acids is 1. The van der Waals surface area contributed by atoms with E-state index in [0.29, 0.717) is 6.42 Å². The third-order valence-electron chi connectivity index (χ3n) is 2.06. The molecule has 0 bridgehead atoms. The molecule has 1 aromatic carbocycles. The van der Waals surface area contributed by atoms with E-state index in [0.717, 1.165) is 18.2 Å². The summed E-state index contributed by atoms with van der Waals surface area (Å²) in [7, 11) is 0. The van der Waals surface area contributed by atoms with Crippen molar-refractivity contribution in [1.29, 1.82) is 0 Å². The lowest BCUT2D eigenvalue weighted by Crippen LogP contribution is -2.12. The van der Waals surface area contributed by atoms with Gasteiger partial charge in [-0.3, -0.25) is 4.79 Å². The van der Waals surface area contributed by atoms with Gasteiger partial charge in [-0.1, -0.05) is 6.08 Å². The highest BCUT2D eigenvalue weighted by atomic mass is 19.1. The standard InChI is InChI=1S/C12H12FNO3/c1-2-3-4-11(15)14-10-7-8(12(16)17)5-6-9(10)13/h2,5-7H,1,3-4H2,(H,14,15)(H,16,17). The zero-order chi connectivity index (χ0) is 12.8. The molecule has 4 nitrogen and oxygen atoms in total. The second kappa shape index (κ2) is 5.79. The van der Waals surface area contributed by atoms with Gasteiger partial charge in [0.25, 0.3) is 0 Å². The van der Waals surface area contributed by atoms with Gasteiger partial charge < -0.3 is 10.4 Å². The molecule has 90 valence electrons. The van der Waals surface area contributed by atoms with E-state index in [1.807, 2.05) is 0 Å². The van der Waals surface area contributed by atoms with Crippen LogP contribution < -0.4 is 5.32 Å². The van der Waals surface area contributed by atoms with E-state index in [4.69, 9.17) is 5.11 Å². The summed E-state index contributed by atoms with van der Waals surface area (Å²) in [6.45, 7) is 3.46. The van der Waals surface area contributed by atoms with E-state index in [9.17, 15) is 14.0 Å². The third-order valence-corrected chi connectivity index (χ3v) is 2.06. The fourth-order valence-electron chi connectivity index (χ4n) is 1.20. The first kappa shape index (κ1) is 12.9. The smallest absolute Gasteiger partial charge is 0.335 e. The Labute approximate surface area is 97.8 Å². The van der Waals surface area contributed by atoms with E-state index in [-0.39, 0.29) is 23.6 Å². The first-order chi connectivity index (χ1) is 8.04. The minimum atomic E-state index is -1.17. The third kappa shape index (κ3) is 3.71. The molecule has 1 rings (SSSR count). The molecule has 1 aromatic rings. The highest BCUT2D eigenvalue weighted by Gasteiger charge is 2.10. The lowest BCUT2D eigenvalue weighted by atomic mass is 10.2. The quantitative estimate of drug-likeness (QED) is 0.773. The van der Waals surface area contributed by atoms with Crippen molar-refractivity contribution in [3.8, 4) is 0 Å². The molecule has 1 amide bonds. The number of carboxylic acids is 1. The Kier molecular flexibility index (Phi) is 4.39. The molecule has 0 aliphatic rings. The van der Waals surface area contributed by atoms with Gasteiger partial charge in [0.1, 0.15) is 5.82 Å². The molecule has 0 unspecified atom stereocenters. The molecular formula is C12H12FNO3. The van der Waals surface area contributed by atoms with Gasteiger partial charge in [-0.15, -0.1) is 6.58 Å². The fraction of sp³-hybridized carbons (Fsp3) is 0.167. The number of benzene rings is 1. The zero-order valence-corrected chi connectivity index (χ0v) is 9.07. The Morgan fingerprint density at radius 3 is 2.76 bits per heavy atom. The van der Waals surface area contributed by atoms with Crippen LogP contribution in [0.3, 0.4) is 0 Å². The lowest BCUT2D eigenvalue weighted by Gasteiger charge is -2.06. The van der Waals surface area contributed by atoms with Crippen molar-refractivity contribution in [3.05, 3.63) is 42.2 Å². The molecule has 0 aliphatic carbocycles. The molecule has 2 N–H and O–H groups in total. The highest BCUT2D eigenvalue weighted by molar-refractivity contribution is 5.94. The number of carboxylic acid groups (broad SMARTS) is 1. The van der Waals surface area contributed by atoms with E-state index in [1.54, 1.807) is 6.08 Å². The molecule has 17 heavy (non-hydrogen) atoms. The molecule has 0 aromatic heterocycles. The monoisotopic (exact) mass is 237 g/mol. The van der Waals surface area contributed by atoms with Crippen LogP contribution in [0, 0.1) is 5.82 Å². The number of amides is 1. The van der Waals surface area contributed by atoms with Gasteiger partial charge in [-0.05, 0) is 24.6 Å². The van der Waals surface area contributed by atoms with Crippen LogP contribution >= 0.6 is 0 Å². The molecule has 0 radical (unpaired) electrons. The second-order valence-corrected chi connectivity index (χ2v) is 3.38. The number of hydrogen-bond donors (Lipinski definition) is 2. The maximum Gasteiger partial charge on any atom is 0.335 e. The number of carbonyl (C=O) groups is 2. The maximum atomic E-state index is 13.3. The summed E-state index contributed by atoms with van der Waals surface area (Å²) in [6, 6.07) is 3.23. The van der Waals surface area contributed by atoms with Crippen LogP contribution in [0.5, 0.6) is 0 Å². The van der Waals surface area contributed by atoms with Crippen molar-refractivity contribution >= 4 is 17.6 Å². The zero-order valence-electron chi connectivity index (χ0n) is 9.07. The van der Waals surface area contributed by atoms with E-state index >= 15 is 0 Å². The summed E-state index contributed by atoms with van der Waals surface area (Å²) in [5.74, 6) is -2.22. The average molecular weight is 237 g/mol.